The lowest BCUT2D eigenvalue weighted by molar-refractivity contribution is -0.274. The summed E-state index contributed by atoms with van der Waals surface area (Å²) in [4.78, 5) is 18.6. The second-order valence-corrected chi connectivity index (χ2v) is 6.21. The van der Waals surface area contributed by atoms with Gasteiger partial charge in [0.1, 0.15) is 11.6 Å². The number of carbonyl (C=O) groups excluding carboxylic acids is 1. The molecule has 2 heterocycles. The average molecular weight is 381 g/mol. The van der Waals surface area contributed by atoms with E-state index in [2.05, 4.69) is 15.0 Å². The number of hydrogen-bond donors (Lipinski definition) is 2. The van der Waals surface area contributed by atoms with Gasteiger partial charge in [0.15, 0.2) is 0 Å². The number of rotatable bonds is 5. The van der Waals surface area contributed by atoms with Gasteiger partial charge in [-0.25, -0.2) is 4.98 Å². The van der Waals surface area contributed by atoms with Crippen LogP contribution in [0.25, 0.3) is 0 Å². The van der Waals surface area contributed by atoms with Crippen LogP contribution in [0.2, 0.25) is 0 Å². The highest BCUT2D eigenvalue weighted by molar-refractivity contribution is 6.04. The Labute approximate surface area is 153 Å². The molecule has 0 saturated carbocycles. The number of alkyl halides is 3. The summed E-state index contributed by atoms with van der Waals surface area (Å²) in [7, 11) is 0. The zero-order chi connectivity index (χ0) is 19.4. The lowest BCUT2D eigenvalue weighted by Gasteiger charge is -2.17. The van der Waals surface area contributed by atoms with Crippen molar-refractivity contribution in [3.05, 3.63) is 48.2 Å². The number of hydrogen-bond acceptors (Lipinski definition) is 5. The molecule has 1 unspecified atom stereocenters. The number of benzene rings is 1. The summed E-state index contributed by atoms with van der Waals surface area (Å²) in [6, 6.07) is 8.24. The molecular formula is C18H18F3N3O3. The molecule has 1 aliphatic rings. The van der Waals surface area contributed by atoms with E-state index >= 15 is 0 Å². The van der Waals surface area contributed by atoms with Crippen molar-refractivity contribution in [2.24, 2.45) is 5.92 Å². The maximum absolute atomic E-state index is 12.2. The number of anilines is 2. The fourth-order valence-corrected chi connectivity index (χ4v) is 2.84. The summed E-state index contributed by atoms with van der Waals surface area (Å²) in [6.07, 6.45) is -2.42. The Morgan fingerprint density at radius 3 is 2.56 bits per heavy atom. The number of pyridine rings is 1. The molecule has 1 saturated heterocycles. The molecule has 6 nitrogen and oxygen atoms in total. The van der Waals surface area contributed by atoms with Crippen molar-refractivity contribution < 1.29 is 27.8 Å². The Balaban J connectivity index is 1.59. The summed E-state index contributed by atoms with van der Waals surface area (Å²) in [5, 5.41) is 11.8. The van der Waals surface area contributed by atoms with E-state index in [0.717, 1.165) is 37.5 Å². The van der Waals surface area contributed by atoms with E-state index in [1.807, 2.05) is 4.90 Å². The third kappa shape index (κ3) is 5.10. The van der Waals surface area contributed by atoms with E-state index in [1.54, 1.807) is 12.1 Å². The van der Waals surface area contributed by atoms with Gasteiger partial charge in [0, 0.05) is 37.5 Å². The largest absolute Gasteiger partial charge is 0.573 e. The van der Waals surface area contributed by atoms with Crippen LogP contribution >= 0.6 is 0 Å². The number of nitrogens with one attached hydrogen (secondary N) is 1. The van der Waals surface area contributed by atoms with E-state index in [-0.39, 0.29) is 18.3 Å². The molecule has 0 bridgehead atoms. The minimum atomic E-state index is -4.76. The molecule has 9 heteroatoms. The quantitative estimate of drug-likeness (QED) is 0.833. The van der Waals surface area contributed by atoms with E-state index in [4.69, 9.17) is 0 Å². The topological polar surface area (TPSA) is 74.7 Å². The minimum absolute atomic E-state index is 0.143. The van der Waals surface area contributed by atoms with Crippen LogP contribution in [0.5, 0.6) is 5.75 Å². The van der Waals surface area contributed by atoms with Crippen LogP contribution in [0, 0.1) is 5.92 Å². The van der Waals surface area contributed by atoms with Crippen molar-refractivity contribution in [1.29, 1.82) is 0 Å². The van der Waals surface area contributed by atoms with Crippen LogP contribution in [0.1, 0.15) is 16.8 Å². The first-order valence-electron chi connectivity index (χ1n) is 8.33. The van der Waals surface area contributed by atoms with E-state index in [1.165, 1.54) is 18.3 Å². The fourth-order valence-electron chi connectivity index (χ4n) is 2.84. The molecule has 3 rings (SSSR count). The fraction of sp³-hybridized carbons (Fsp3) is 0.333. The highest BCUT2D eigenvalue weighted by atomic mass is 19.4. The Kier molecular flexibility index (Phi) is 5.50. The van der Waals surface area contributed by atoms with Gasteiger partial charge in [0.2, 0.25) is 0 Å². The van der Waals surface area contributed by atoms with Crippen molar-refractivity contribution in [1.82, 2.24) is 4.98 Å². The van der Waals surface area contributed by atoms with Crippen molar-refractivity contribution in [3.8, 4) is 5.75 Å². The van der Waals surface area contributed by atoms with Gasteiger partial charge in [0.25, 0.3) is 5.91 Å². The van der Waals surface area contributed by atoms with Crippen LogP contribution in [0.3, 0.4) is 0 Å². The van der Waals surface area contributed by atoms with Crippen molar-refractivity contribution in [3.63, 3.8) is 0 Å². The standard InChI is InChI=1S/C18H18F3N3O3/c19-18(20,21)27-15-4-2-14(3-5-15)23-17(26)13-1-6-16(22-9-13)24-8-7-12(10-24)11-25/h1-6,9,12,25H,7-8,10-11H2,(H,23,26). The number of aromatic nitrogens is 1. The zero-order valence-corrected chi connectivity index (χ0v) is 14.2. The van der Waals surface area contributed by atoms with Crippen LogP contribution in [0.15, 0.2) is 42.6 Å². The molecule has 144 valence electrons. The molecule has 27 heavy (non-hydrogen) atoms. The van der Waals surface area contributed by atoms with Crippen LogP contribution in [0.4, 0.5) is 24.7 Å². The van der Waals surface area contributed by atoms with Gasteiger partial charge >= 0.3 is 6.36 Å². The number of ether oxygens (including phenoxy) is 1. The van der Waals surface area contributed by atoms with Crippen LogP contribution in [-0.2, 0) is 0 Å². The van der Waals surface area contributed by atoms with E-state index in [9.17, 15) is 23.1 Å². The third-order valence-electron chi connectivity index (χ3n) is 4.22. The van der Waals surface area contributed by atoms with Gasteiger partial charge < -0.3 is 20.1 Å². The van der Waals surface area contributed by atoms with Gasteiger partial charge in [-0.05, 0) is 42.8 Å². The molecule has 0 radical (unpaired) electrons. The monoisotopic (exact) mass is 381 g/mol. The SMILES string of the molecule is O=C(Nc1ccc(OC(F)(F)F)cc1)c1ccc(N2CCC(CO)C2)nc1. The Morgan fingerprint density at radius 1 is 1.26 bits per heavy atom. The number of aliphatic hydroxyl groups is 1. The Bertz CT molecular complexity index is 779. The number of nitrogens with zero attached hydrogens (tertiary/aromatic N) is 2. The van der Waals surface area contributed by atoms with Gasteiger partial charge in [-0.3, -0.25) is 4.79 Å². The lowest BCUT2D eigenvalue weighted by atomic mass is 10.1. The van der Waals surface area contributed by atoms with Crippen molar-refractivity contribution >= 4 is 17.4 Å². The Morgan fingerprint density at radius 2 is 2.00 bits per heavy atom. The molecule has 0 aliphatic carbocycles. The number of aliphatic hydroxyl groups excluding tert-OH is 1. The normalized spacial score (nSPS) is 17.0. The van der Waals surface area contributed by atoms with Crippen LogP contribution in [-0.4, -0.2) is 42.1 Å². The molecule has 1 fully saturated rings. The highest BCUT2D eigenvalue weighted by Gasteiger charge is 2.31. The van der Waals surface area contributed by atoms with Gasteiger partial charge in [-0.15, -0.1) is 13.2 Å². The van der Waals surface area contributed by atoms with Gasteiger partial charge in [-0.2, -0.15) is 0 Å². The predicted octanol–water partition coefficient (Wildman–Crippen LogP) is 3.05. The number of amides is 1. The molecule has 1 aliphatic heterocycles. The van der Waals surface area contributed by atoms with E-state index < -0.39 is 12.3 Å². The summed E-state index contributed by atoms with van der Waals surface area (Å²) in [5.41, 5.74) is 0.663. The van der Waals surface area contributed by atoms with Gasteiger partial charge in [0.05, 0.1) is 5.56 Å². The molecule has 2 N–H and O–H groups in total. The first-order valence-corrected chi connectivity index (χ1v) is 8.33. The van der Waals surface area contributed by atoms with Gasteiger partial charge in [-0.1, -0.05) is 0 Å². The smallest absolute Gasteiger partial charge is 0.406 e. The molecule has 0 spiro atoms. The molecule has 1 atom stereocenters. The second-order valence-electron chi connectivity index (χ2n) is 6.21. The second kappa shape index (κ2) is 7.83. The third-order valence-corrected chi connectivity index (χ3v) is 4.22. The lowest BCUT2D eigenvalue weighted by Crippen LogP contribution is -2.22. The highest BCUT2D eigenvalue weighted by Crippen LogP contribution is 2.25. The molecule has 1 aromatic heterocycles. The summed E-state index contributed by atoms with van der Waals surface area (Å²) < 4.78 is 40.2. The molecule has 1 aromatic carbocycles. The molecule has 1 amide bonds. The number of carbonyl (C=O) groups is 1. The van der Waals surface area contributed by atoms with Crippen molar-refractivity contribution in [2.45, 2.75) is 12.8 Å². The maximum atomic E-state index is 12.2. The first kappa shape index (κ1) is 19.0. The van der Waals surface area contributed by atoms with Crippen LogP contribution < -0.4 is 15.0 Å². The summed E-state index contributed by atoms with van der Waals surface area (Å²) in [5.74, 6) is 0.182. The summed E-state index contributed by atoms with van der Waals surface area (Å²) in [6.45, 7) is 1.67. The molecule has 2 aromatic rings. The minimum Gasteiger partial charge on any atom is -0.406 e. The van der Waals surface area contributed by atoms with Crippen molar-refractivity contribution in [2.75, 3.05) is 29.9 Å². The van der Waals surface area contributed by atoms with E-state index in [0.29, 0.717) is 11.3 Å². The Hall–Kier alpha value is -2.81. The zero-order valence-electron chi connectivity index (χ0n) is 14.2. The molecular weight excluding hydrogens is 363 g/mol. The first-order chi connectivity index (χ1) is 12.8. The number of halogens is 3. The average Bonchev–Trinajstić information content (AvgIpc) is 3.11. The summed E-state index contributed by atoms with van der Waals surface area (Å²) >= 11 is 0. The maximum Gasteiger partial charge on any atom is 0.573 e. The predicted molar refractivity (Wildman–Crippen MR) is 92.7 cm³/mol.